The van der Waals surface area contributed by atoms with Crippen LogP contribution in [0.15, 0.2) is 24.3 Å². The second kappa shape index (κ2) is 8.55. The number of carbonyl (C=O) groups excluding carboxylic acids is 1. The van der Waals surface area contributed by atoms with Crippen molar-refractivity contribution in [3.05, 3.63) is 35.6 Å². The number of amides is 1. The molecule has 1 unspecified atom stereocenters. The van der Waals surface area contributed by atoms with Gasteiger partial charge in [-0.1, -0.05) is 26.0 Å². The van der Waals surface area contributed by atoms with E-state index in [2.05, 4.69) is 5.32 Å². The Kier molecular flexibility index (Phi) is 6.71. The number of nitrogens with two attached hydrogens (primary N) is 1. The van der Waals surface area contributed by atoms with Gasteiger partial charge in [-0.15, -0.1) is 0 Å². The third-order valence-electron chi connectivity index (χ3n) is 4.85. The van der Waals surface area contributed by atoms with Crippen LogP contribution in [-0.2, 0) is 9.53 Å². The minimum absolute atomic E-state index is 0.140. The summed E-state index contributed by atoms with van der Waals surface area (Å²) in [5.41, 5.74) is 6.53. The number of hydrogen-bond acceptors (Lipinski definition) is 4. The van der Waals surface area contributed by atoms with Crippen LogP contribution in [0.25, 0.3) is 0 Å². The zero-order valence-corrected chi connectivity index (χ0v) is 14.6. The second-order valence-corrected chi connectivity index (χ2v) is 6.39. The Morgan fingerprint density at radius 1 is 1.38 bits per heavy atom. The summed E-state index contributed by atoms with van der Waals surface area (Å²) in [4.78, 5) is 14.9. The van der Waals surface area contributed by atoms with E-state index in [9.17, 15) is 9.18 Å². The molecule has 1 saturated heterocycles. The maximum Gasteiger partial charge on any atom is 0.242 e. The second-order valence-electron chi connectivity index (χ2n) is 6.39. The van der Waals surface area contributed by atoms with Crippen LogP contribution >= 0.6 is 0 Å². The first kappa shape index (κ1) is 18.8. The van der Waals surface area contributed by atoms with E-state index in [1.807, 2.05) is 18.7 Å². The fourth-order valence-corrected chi connectivity index (χ4v) is 2.90. The molecule has 1 fully saturated rings. The molecule has 0 aromatic heterocycles. The van der Waals surface area contributed by atoms with Crippen molar-refractivity contribution in [1.29, 1.82) is 0 Å². The lowest BCUT2D eigenvalue weighted by Gasteiger charge is -2.35. The number of nitrogens with one attached hydrogen (secondary N) is 1. The Labute approximate surface area is 143 Å². The normalized spacial score (nSPS) is 17.5. The van der Waals surface area contributed by atoms with E-state index >= 15 is 0 Å². The molecule has 1 heterocycles. The number of hydrogen-bond donors (Lipinski definition) is 2. The zero-order chi connectivity index (χ0) is 17.6. The summed E-state index contributed by atoms with van der Waals surface area (Å²) in [6, 6.07) is 5.71. The molecule has 24 heavy (non-hydrogen) atoms. The van der Waals surface area contributed by atoms with Crippen molar-refractivity contribution < 1.29 is 13.9 Å². The van der Waals surface area contributed by atoms with E-state index in [1.54, 1.807) is 12.1 Å². The molecule has 0 aliphatic carbocycles. The summed E-state index contributed by atoms with van der Waals surface area (Å²) in [5, 5.41) is 2.97. The minimum atomic E-state index is -0.525. The fourth-order valence-electron chi connectivity index (χ4n) is 2.90. The van der Waals surface area contributed by atoms with Gasteiger partial charge in [-0.3, -0.25) is 9.69 Å². The van der Waals surface area contributed by atoms with E-state index in [0.717, 1.165) is 12.8 Å². The van der Waals surface area contributed by atoms with Gasteiger partial charge in [0.25, 0.3) is 0 Å². The van der Waals surface area contributed by atoms with E-state index < -0.39 is 11.6 Å². The topological polar surface area (TPSA) is 67.6 Å². The van der Waals surface area contributed by atoms with Gasteiger partial charge in [0.2, 0.25) is 5.91 Å². The lowest BCUT2D eigenvalue weighted by atomic mass is 9.94. The number of morpholine rings is 1. The van der Waals surface area contributed by atoms with E-state index in [1.165, 1.54) is 12.1 Å². The molecular weight excluding hydrogens is 309 g/mol. The van der Waals surface area contributed by atoms with Crippen LogP contribution in [-0.4, -0.2) is 49.2 Å². The number of halogens is 1. The highest BCUT2D eigenvalue weighted by Crippen LogP contribution is 2.23. The van der Waals surface area contributed by atoms with Gasteiger partial charge in [0.15, 0.2) is 0 Å². The van der Waals surface area contributed by atoms with Crippen molar-refractivity contribution in [3.63, 3.8) is 0 Å². The molecule has 0 radical (unpaired) electrons. The Balaban J connectivity index is 2.17. The van der Waals surface area contributed by atoms with Gasteiger partial charge < -0.3 is 15.8 Å². The molecule has 2 rings (SSSR count). The summed E-state index contributed by atoms with van der Waals surface area (Å²) in [7, 11) is 0. The first-order valence-electron chi connectivity index (χ1n) is 8.63. The molecule has 6 heteroatoms. The number of benzene rings is 1. The van der Waals surface area contributed by atoms with E-state index in [-0.39, 0.29) is 11.7 Å². The molecule has 1 aromatic rings. The average molecular weight is 337 g/mol. The molecule has 0 spiro atoms. The van der Waals surface area contributed by atoms with Gasteiger partial charge in [0.05, 0.1) is 13.2 Å². The largest absolute Gasteiger partial charge is 0.379 e. The zero-order valence-electron chi connectivity index (χ0n) is 14.6. The lowest BCUT2D eigenvalue weighted by molar-refractivity contribution is -0.128. The van der Waals surface area contributed by atoms with Crippen LogP contribution in [0.2, 0.25) is 0 Å². The Hall–Kier alpha value is -1.50. The van der Waals surface area contributed by atoms with Crippen LogP contribution in [0, 0.1) is 5.82 Å². The average Bonchev–Trinajstić information content (AvgIpc) is 2.61. The quantitative estimate of drug-likeness (QED) is 0.797. The smallest absolute Gasteiger partial charge is 0.242 e. The summed E-state index contributed by atoms with van der Waals surface area (Å²) < 4.78 is 19.0. The van der Waals surface area contributed by atoms with E-state index in [4.69, 9.17) is 10.5 Å². The van der Waals surface area contributed by atoms with Gasteiger partial charge in [0, 0.05) is 25.2 Å². The van der Waals surface area contributed by atoms with Gasteiger partial charge >= 0.3 is 0 Å². The van der Waals surface area contributed by atoms with Gasteiger partial charge in [0.1, 0.15) is 11.9 Å². The highest BCUT2D eigenvalue weighted by Gasteiger charge is 2.31. The third-order valence-corrected chi connectivity index (χ3v) is 4.85. The maximum atomic E-state index is 13.6. The molecule has 5 nitrogen and oxygen atoms in total. The number of nitrogens with zero attached hydrogens (tertiary/aromatic N) is 1. The molecule has 0 saturated carbocycles. The SMILES string of the molecule is CCC(N)(CC)CNC(=O)C(c1cccc(F)c1)N1CCOCC1. The number of carbonyl (C=O) groups is 1. The van der Waals surface area contributed by atoms with Crippen molar-refractivity contribution in [3.8, 4) is 0 Å². The van der Waals surface area contributed by atoms with Crippen molar-refractivity contribution in [2.75, 3.05) is 32.8 Å². The van der Waals surface area contributed by atoms with Crippen molar-refractivity contribution in [2.24, 2.45) is 5.73 Å². The molecule has 1 aromatic carbocycles. The van der Waals surface area contributed by atoms with Gasteiger partial charge in [-0.2, -0.15) is 0 Å². The predicted octanol–water partition coefficient (Wildman–Crippen LogP) is 1.83. The van der Waals surface area contributed by atoms with Crippen LogP contribution in [0.1, 0.15) is 38.3 Å². The van der Waals surface area contributed by atoms with Gasteiger partial charge in [-0.25, -0.2) is 4.39 Å². The lowest BCUT2D eigenvalue weighted by Crippen LogP contribution is -2.52. The molecule has 1 atom stereocenters. The van der Waals surface area contributed by atoms with Crippen LogP contribution in [0.5, 0.6) is 0 Å². The minimum Gasteiger partial charge on any atom is -0.379 e. The van der Waals surface area contributed by atoms with Crippen molar-refractivity contribution >= 4 is 5.91 Å². The van der Waals surface area contributed by atoms with Gasteiger partial charge in [-0.05, 0) is 30.5 Å². The van der Waals surface area contributed by atoms with Crippen molar-refractivity contribution in [1.82, 2.24) is 10.2 Å². The first-order chi connectivity index (χ1) is 11.5. The monoisotopic (exact) mass is 337 g/mol. The fraction of sp³-hybridized carbons (Fsp3) is 0.611. The number of ether oxygens (including phenoxy) is 1. The summed E-state index contributed by atoms with van der Waals surface area (Å²) in [5.74, 6) is -0.479. The number of rotatable bonds is 7. The predicted molar refractivity (Wildman–Crippen MR) is 92.0 cm³/mol. The molecule has 1 aliphatic rings. The highest BCUT2D eigenvalue weighted by molar-refractivity contribution is 5.83. The van der Waals surface area contributed by atoms with Crippen LogP contribution in [0.3, 0.4) is 0 Å². The van der Waals surface area contributed by atoms with Crippen LogP contribution in [0.4, 0.5) is 4.39 Å². The standard InChI is InChI=1S/C18H28FN3O2/c1-3-18(20,4-2)13-21-17(23)16(22-8-10-24-11-9-22)14-6-5-7-15(19)12-14/h5-7,12,16H,3-4,8-11,13,20H2,1-2H3,(H,21,23). The summed E-state index contributed by atoms with van der Waals surface area (Å²) >= 11 is 0. The summed E-state index contributed by atoms with van der Waals surface area (Å²) in [6.45, 7) is 6.87. The molecule has 1 amide bonds. The molecule has 134 valence electrons. The Morgan fingerprint density at radius 2 is 2.04 bits per heavy atom. The molecular formula is C18H28FN3O2. The molecule has 3 N–H and O–H groups in total. The van der Waals surface area contributed by atoms with E-state index in [0.29, 0.717) is 38.4 Å². The Morgan fingerprint density at radius 3 is 2.62 bits per heavy atom. The maximum absolute atomic E-state index is 13.6. The Bertz CT molecular complexity index is 543. The van der Waals surface area contributed by atoms with Crippen LogP contribution < -0.4 is 11.1 Å². The molecule has 0 bridgehead atoms. The summed E-state index contributed by atoms with van der Waals surface area (Å²) in [6.07, 6.45) is 1.57. The molecule has 1 aliphatic heterocycles. The highest BCUT2D eigenvalue weighted by atomic mass is 19.1. The third kappa shape index (κ3) is 4.75. The van der Waals surface area contributed by atoms with Crippen molar-refractivity contribution in [2.45, 2.75) is 38.3 Å². The first-order valence-corrected chi connectivity index (χ1v) is 8.63.